The van der Waals surface area contributed by atoms with Crippen molar-refractivity contribution in [2.75, 3.05) is 5.32 Å². The molecule has 136 valence electrons. The number of nitrogens with one attached hydrogen (secondary N) is 1. The second-order valence-corrected chi connectivity index (χ2v) is 7.70. The van der Waals surface area contributed by atoms with Gasteiger partial charge in [-0.2, -0.15) is 5.26 Å². The van der Waals surface area contributed by atoms with Crippen LogP contribution in [0.4, 0.5) is 9.39 Å². The zero-order chi connectivity index (χ0) is 19.1. The van der Waals surface area contributed by atoms with Gasteiger partial charge < -0.3 is 9.88 Å². The number of halogens is 1. The first-order chi connectivity index (χ1) is 13.0. The summed E-state index contributed by atoms with van der Waals surface area (Å²) >= 11 is 1.40. The van der Waals surface area contributed by atoms with Crippen LogP contribution in [0.3, 0.4) is 0 Å². The number of para-hydroxylation sites is 1. The molecule has 0 bridgehead atoms. The van der Waals surface area contributed by atoms with E-state index in [2.05, 4.69) is 11.4 Å². The van der Waals surface area contributed by atoms with Crippen molar-refractivity contribution in [3.8, 4) is 6.07 Å². The average molecular weight is 381 g/mol. The molecule has 0 unspecified atom stereocenters. The number of carbonyl (C=O) groups excluding carboxylic acids is 1. The van der Waals surface area contributed by atoms with Gasteiger partial charge in [0, 0.05) is 23.5 Å². The molecule has 0 saturated heterocycles. The Labute approximate surface area is 158 Å². The molecule has 4 rings (SSSR count). The second-order valence-electron chi connectivity index (χ2n) is 6.60. The van der Waals surface area contributed by atoms with Gasteiger partial charge in [-0.1, -0.05) is 6.07 Å². The minimum Gasteiger partial charge on any atom is -0.347 e. The minimum absolute atomic E-state index is 0.0779. The molecule has 1 aliphatic rings. The lowest BCUT2D eigenvalue weighted by molar-refractivity contribution is 0.102. The maximum absolute atomic E-state index is 14.0. The maximum Gasteiger partial charge on any atom is 0.261 e. The lowest BCUT2D eigenvalue weighted by Gasteiger charge is -2.10. The first-order valence-electron chi connectivity index (χ1n) is 8.65. The molecule has 0 aliphatic heterocycles. The van der Waals surface area contributed by atoms with Crippen molar-refractivity contribution >= 4 is 33.1 Å². The van der Waals surface area contributed by atoms with Crippen molar-refractivity contribution < 1.29 is 9.18 Å². The van der Waals surface area contributed by atoms with Crippen LogP contribution in [0.25, 0.3) is 10.9 Å². The highest BCUT2D eigenvalue weighted by Crippen LogP contribution is 2.37. The fourth-order valence-corrected chi connectivity index (χ4v) is 4.86. The van der Waals surface area contributed by atoms with Crippen LogP contribution in [-0.2, 0) is 19.9 Å². The summed E-state index contributed by atoms with van der Waals surface area (Å²) in [5, 5.41) is 12.9. The van der Waals surface area contributed by atoms with Gasteiger partial charge in [0.05, 0.1) is 11.1 Å². The summed E-state index contributed by atoms with van der Waals surface area (Å²) in [5.41, 5.74) is 1.05. The number of aryl methyl sites for hydroxylation is 2. The number of carbonyl (C=O) groups is 1. The molecule has 0 saturated carbocycles. The molecule has 5 nitrogen and oxygen atoms in total. The number of pyridine rings is 1. The van der Waals surface area contributed by atoms with E-state index in [0.29, 0.717) is 10.6 Å². The molecule has 1 amide bonds. The average Bonchev–Trinajstić information content (AvgIpc) is 3.01. The highest BCUT2D eigenvalue weighted by molar-refractivity contribution is 7.16. The van der Waals surface area contributed by atoms with Gasteiger partial charge in [0.1, 0.15) is 22.5 Å². The molecular formula is C20H16FN3O2S. The standard InChI is InChI=1S/C20H16FN3O2S/c1-24-10-14(18(25)12-6-4-7-15(21)17(12)24)19(26)23-20-13(9-22)11-5-2-3-8-16(11)27-20/h4,6-7,10H,2-3,5,8H2,1H3,(H,23,26). The molecule has 0 fully saturated rings. The number of fused-ring (bicyclic) bond motifs is 2. The zero-order valence-electron chi connectivity index (χ0n) is 14.6. The summed E-state index contributed by atoms with van der Waals surface area (Å²) in [6.07, 6.45) is 5.18. The lowest BCUT2D eigenvalue weighted by Crippen LogP contribution is -2.23. The Hall–Kier alpha value is -2.98. The molecule has 3 aromatic rings. The maximum atomic E-state index is 14.0. The number of nitriles is 1. The number of amides is 1. The van der Waals surface area contributed by atoms with Gasteiger partial charge in [0.25, 0.3) is 5.91 Å². The van der Waals surface area contributed by atoms with Crippen LogP contribution in [0, 0.1) is 17.1 Å². The molecule has 1 aliphatic carbocycles. The molecule has 27 heavy (non-hydrogen) atoms. The molecule has 1 N–H and O–H groups in total. The summed E-state index contributed by atoms with van der Waals surface area (Å²) < 4.78 is 15.5. The van der Waals surface area contributed by atoms with Gasteiger partial charge in [-0.25, -0.2) is 4.39 Å². The first-order valence-corrected chi connectivity index (χ1v) is 9.46. The highest BCUT2D eigenvalue weighted by Gasteiger charge is 2.23. The number of benzene rings is 1. The SMILES string of the molecule is Cn1cc(C(=O)Nc2sc3c(c2C#N)CCCC3)c(=O)c2cccc(F)c21. The first kappa shape index (κ1) is 17.4. The fourth-order valence-electron chi connectivity index (χ4n) is 3.62. The van der Waals surface area contributed by atoms with Gasteiger partial charge in [0.2, 0.25) is 5.43 Å². The van der Waals surface area contributed by atoms with Crippen LogP contribution >= 0.6 is 11.3 Å². The highest BCUT2D eigenvalue weighted by atomic mass is 32.1. The van der Waals surface area contributed by atoms with Crippen LogP contribution in [0.2, 0.25) is 0 Å². The van der Waals surface area contributed by atoms with E-state index in [1.54, 1.807) is 7.05 Å². The van der Waals surface area contributed by atoms with E-state index in [4.69, 9.17) is 0 Å². The monoisotopic (exact) mass is 381 g/mol. The molecule has 0 radical (unpaired) electrons. The van der Waals surface area contributed by atoms with Crippen LogP contribution in [0.15, 0.2) is 29.2 Å². The van der Waals surface area contributed by atoms with E-state index in [9.17, 15) is 19.2 Å². The van der Waals surface area contributed by atoms with Crippen LogP contribution in [-0.4, -0.2) is 10.5 Å². The van der Waals surface area contributed by atoms with E-state index >= 15 is 0 Å². The van der Waals surface area contributed by atoms with Crippen molar-refractivity contribution in [2.24, 2.45) is 7.05 Å². The zero-order valence-corrected chi connectivity index (χ0v) is 15.5. The van der Waals surface area contributed by atoms with Gasteiger partial charge in [-0.15, -0.1) is 11.3 Å². The van der Waals surface area contributed by atoms with E-state index in [1.807, 2.05) is 0 Å². The smallest absolute Gasteiger partial charge is 0.261 e. The predicted octanol–water partition coefficient (Wildman–Crippen LogP) is 3.74. The Balaban J connectivity index is 1.77. The van der Waals surface area contributed by atoms with E-state index < -0.39 is 17.2 Å². The minimum atomic E-state index is -0.586. The van der Waals surface area contributed by atoms with Crippen molar-refractivity contribution in [1.29, 1.82) is 5.26 Å². The number of anilines is 1. The Kier molecular flexibility index (Phi) is 4.28. The third-order valence-electron chi connectivity index (χ3n) is 4.91. The Morgan fingerprint density at radius 3 is 2.89 bits per heavy atom. The van der Waals surface area contributed by atoms with Crippen molar-refractivity contribution in [3.63, 3.8) is 0 Å². The summed E-state index contributed by atoms with van der Waals surface area (Å²) in [5.74, 6) is -1.10. The van der Waals surface area contributed by atoms with Crippen LogP contribution in [0.5, 0.6) is 0 Å². The molecular weight excluding hydrogens is 365 g/mol. The normalized spacial score (nSPS) is 13.2. The Morgan fingerprint density at radius 1 is 1.33 bits per heavy atom. The number of rotatable bonds is 2. The quantitative estimate of drug-likeness (QED) is 0.735. The number of hydrogen-bond donors (Lipinski definition) is 1. The van der Waals surface area contributed by atoms with Gasteiger partial charge in [-0.3, -0.25) is 9.59 Å². The lowest BCUT2D eigenvalue weighted by atomic mass is 9.96. The third-order valence-corrected chi connectivity index (χ3v) is 6.11. The van der Waals surface area contributed by atoms with Crippen molar-refractivity contribution in [3.05, 3.63) is 62.0 Å². The van der Waals surface area contributed by atoms with E-state index in [-0.39, 0.29) is 16.5 Å². The number of hydrogen-bond acceptors (Lipinski definition) is 4. The summed E-state index contributed by atoms with van der Waals surface area (Å²) in [4.78, 5) is 26.6. The largest absolute Gasteiger partial charge is 0.347 e. The summed E-state index contributed by atoms with van der Waals surface area (Å²) in [7, 11) is 1.59. The van der Waals surface area contributed by atoms with E-state index in [1.165, 1.54) is 40.3 Å². The molecule has 7 heteroatoms. The Morgan fingerprint density at radius 2 is 2.11 bits per heavy atom. The number of thiophene rings is 1. The summed E-state index contributed by atoms with van der Waals surface area (Å²) in [6, 6.07) is 6.41. The molecule has 1 aromatic carbocycles. The van der Waals surface area contributed by atoms with Crippen LogP contribution in [0.1, 0.15) is 39.2 Å². The fraction of sp³-hybridized carbons (Fsp3) is 0.250. The topological polar surface area (TPSA) is 74.9 Å². The molecule has 0 atom stereocenters. The molecule has 2 heterocycles. The van der Waals surface area contributed by atoms with Gasteiger partial charge in [0.15, 0.2) is 0 Å². The number of aromatic nitrogens is 1. The molecule has 2 aromatic heterocycles. The van der Waals surface area contributed by atoms with Crippen molar-refractivity contribution in [2.45, 2.75) is 25.7 Å². The molecule has 0 spiro atoms. The van der Waals surface area contributed by atoms with Gasteiger partial charge in [-0.05, 0) is 43.4 Å². The van der Waals surface area contributed by atoms with Gasteiger partial charge >= 0.3 is 0 Å². The van der Waals surface area contributed by atoms with Crippen LogP contribution < -0.4 is 10.7 Å². The Bertz CT molecular complexity index is 1190. The van der Waals surface area contributed by atoms with E-state index in [0.717, 1.165) is 36.1 Å². The number of nitrogens with zero attached hydrogens (tertiary/aromatic N) is 2. The summed E-state index contributed by atoms with van der Waals surface area (Å²) in [6.45, 7) is 0. The second kappa shape index (κ2) is 6.63. The third kappa shape index (κ3) is 2.82. The predicted molar refractivity (Wildman–Crippen MR) is 103 cm³/mol. The van der Waals surface area contributed by atoms with Crippen molar-refractivity contribution in [1.82, 2.24) is 4.57 Å².